The van der Waals surface area contributed by atoms with E-state index < -0.39 is 15.6 Å². The molecule has 10 heterocycles. The fourth-order valence-electron chi connectivity index (χ4n) is 5.76. The Bertz CT molecular complexity index is 2970. The third-order valence-corrected chi connectivity index (χ3v) is 11.0. The second kappa shape index (κ2) is 22.6. The minimum atomic E-state index is -10.7. The summed E-state index contributed by atoms with van der Waals surface area (Å²) < 4.78 is 118. The first-order chi connectivity index (χ1) is 33.7. The molecule has 0 N–H and O–H groups in total. The van der Waals surface area contributed by atoms with Crippen LogP contribution in [-0.4, -0.2) is 39.9 Å². The van der Waals surface area contributed by atoms with Crippen LogP contribution in [-0.2, 0) is 19.5 Å². The smallest absolute Gasteiger partial charge is 0.255 e. The molecule has 0 saturated heterocycles. The summed E-state index contributed by atoms with van der Waals surface area (Å²) in [6.45, 7) is 0. The molecular weight excluding hydrogens is 1140 g/mol. The number of hydrogen-bond donors (Lipinski definition) is 0. The van der Waals surface area contributed by atoms with E-state index in [1.807, 2.05) is 128 Å². The van der Waals surface area contributed by atoms with Crippen molar-refractivity contribution in [3.63, 3.8) is 0 Å². The number of nitrogens with zero attached hydrogens (tertiary/aromatic N) is 8. The summed E-state index contributed by atoms with van der Waals surface area (Å²) in [5, 5.41) is 0. The van der Waals surface area contributed by atoms with Crippen LogP contribution in [0.2, 0.25) is 0 Å². The Kier molecular flexibility index (Phi) is 17.7. The average molecular weight is 1180 g/mol. The van der Waals surface area contributed by atoms with E-state index in [2.05, 4.69) is 77.4 Å². The maximum absolute atomic E-state index is 10.7. The Balaban J connectivity index is 0.000000206. The van der Waals surface area contributed by atoms with Gasteiger partial charge in [0.15, 0.2) is 0 Å². The summed E-state index contributed by atoms with van der Waals surface area (Å²) in [5.41, 5.74) is 9.29. The van der Waals surface area contributed by atoms with Gasteiger partial charge in [-0.25, -0.2) is 4.98 Å². The van der Waals surface area contributed by atoms with Gasteiger partial charge in [0.25, 0.3) is 0 Å². The largest absolute Gasteiger partial charge is 2.00 e. The maximum atomic E-state index is 9.87. The molecule has 0 bridgehead atoms. The van der Waals surface area contributed by atoms with Crippen molar-refractivity contribution in [2.75, 3.05) is 0 Å². The van der Waals surface area contributed by atoms with Crippen molar-refractivity contribution in [3.8, 4) is 76.3 Å². The van der Waals surface area contributed by atoms with E-state index in [1.54, 1.807) is 59.9 Å². The van der Waals surface area contributed by atoms with Crippen LogP contribution in [0.25, 0.3) is 76.3 Å². The van der Waals surface area contributed by atoms with Crippen molar-refractivity contribution in [1.82, 2.24) is 39.9 Å². The van der Waals surface area contributed by atoms with Gasteiger partial charge in [0, 0.05) is 58.0 Å². The monoisotopic (exact) mass is 1180 g/mol. The minimum absolute atomic E-state index is 0. The number of aromatic nitrogens is 8. The molecule has 25 heteroatoms. The molecule has 0 fully saturated rings. The molecule has 10 aromatic rings. The van der Waals surface area contributed by atoms with Crippen molar-refractivity contribution in [3.05, 3.63) is 207 Å². The second-order valence-corrected chi connectivity index (χ2v) is 20.4. The van der Waals surface area contributed by atoms with Crippen LogP contribution in [0.5, 0.6) is 0 Å². The van der Waals surface area contributed by atoms with E-state index in [0.717, 1.165) is 61.7 Å². The molecule has 0 atom stereocenters. The van der Waals surface area contributed by atoms with Gasteiger partial charge < -0.3 is 0 Å². The zero-order chi connectivity index (χ0) is 52.0. The van der Waals surface area contributed by atoms with E-state index in [4.69, 9.17) is 4.98 Å². The third kappa shape index (κ3) is 22.7. The molecule has 0 unspecified atom stereocenters. The molecule has 8 nitrogen and oxygen atoms in total. The number of thiophene rings is 2. The Morgan fingerprint density at radius 1 is 0.260 bits per heavy atom. The summed E-state index contributed by atoms with van der Waals surface area (Å²) in [4.78, 5) is 39.8. The fourth-order valence-corrected chi connectivity index (χ4v) is 7.83. The van der Waals surface area contributed by atoms with Gasteiger partial charge in [-0.1, -0.05) is 42.5 Å². The van der Waals surface area contributed by atoms with Gasteiger partial charge in [-0.2, -0.15) is 0 Å². The van der Waals surface area contributed by atoms with Crippen LogP contribution >= 0.6 is 38.3 Å². The number of rotatable bonds is 7. The number of halogens is 12. The molecule has 10 aromatic heterocycles. The first-order valence-corrected chi connectivity index (χ1v) is 26.1. The fraction of sp³-hybridized carbons (Fsp3) is 0. The van der Waals surface area contributed by atoms with Gasteiger partial charge in [-0.3, -0.25) is 34.9 Å². The van der Waals surface area contributed by atoms with Crippen LogP contribution in [0.1, 0.15) is 0 Å². The van der Waals surface area contributed by atoms with Gasteiger partial charge in [-0.05, 0) is 127 Å². The van der Waals surface area contributed by atoms with Crippen LogP contribution in [0.3, 0.4) is 0 Å². The molecule has 0 saturated carbocycles. The van der Waals surface area contributed by atoms with Crippen molar-refractivity contribution in [1.29, 1.82) is 0 Å². The third-order valence-electron chi connectivity index (χ3n) is 8.54. The van der Waals surface area contributed by atoms with Gasteiger partial charge in [-0.15, -0.1) is 22.7 Å². The molecule has 0 aliphatic heterocycles. The van der Waals surface area contributed by atoms with E-state index in [1.165, 1.54) is 14.6 Å². The number of pyridine rings is 8. The molecular formula is C48H34F12N8P2RuS2. The molecule has 0 aromatic carbocycles. The molecule has 0 spiro atoms. The Hall–Kier alpha value is -6.76. The SMILES string of the molecule is F[P-](F)(F)(F)(F)F.F[P-](F)(F)(F)(F)F.[Ru+2].c1ccc(-c2cc(-c3ccc(-c4ccc(-c5cccc(-c6ccccn6)n5)s4)s3)ccn2)nc1.c1ccc(-c2ccccn2)nc1.c1ccc(-c2ccccn2)nc1. The zero-order valence-corrected chi connectivity index (χ0v) is 42.0. The van der Waals surface area contributed by atoms with Crippen LogP contribution in [0.15, 0.2) is 207 Å². The quantitative estimate of drug-likeness (QED) is 0.0883. The van der Waals surface area contributed by atoms with Gasteiger partial charge in [0.2, 0.25) is 0 Å². The average Bonchev–Trinajstić information content (AvgIpc) is 4.06. The van der Waals surface area contributed by atoms with Crippen molar-refractivity contribution in [2.24, 2.45) is 0 Å². The Labute approximate surface area is 429 Å². The van der Waals surface area contributed by atoms with Crippen molar-refractivity contribution in [2.45, 2.75) is 0 Å². The molecule has 0 aliphatic rings. The van der Waals surface area contributed by atoms with Crippen molar-refractivity contribution >= 4 is 38.3 Å². The predicted molar refractivity (Wildman–Crippen MR) is 263 cm³/mol. The summed E-state index contributed by atoms with van der Waals surface area (Å²) >= 11 is 3.54. The second-order valence-electron chi connectivity index (χ2n) is 14.4. The minimum Gasteiger partial charge on any atom is -0.255 e. The molecule has 0 aliphatic carbocycles. The molecule has 73 heavy (non-hydrogen) atoms. The first kappa shape index (κ1) is 57.1. The molecule has 380 valence electrons. The van der Waals surface area contributed by atoms with Crippen LogP contribution in [0, 0.1) is 0 Å². The van der Waals surface area contributed by atoms with Gasteiger partial charge >= 0.3 is 85.5 Å². The van der Waals surface area contributed by atoms with Crippen LogP contribution < -0.4 is 0 Å². The Morgan fingerprint density at radius 3 is 0.890 bits per heavy atom. The van der Waals surface area contributed by atoms with E-state index in [0.29, 0.717) is 0 Å². The van der Waals surface area contributed by atoms with E-state index in [-0.39, 0.29) is 19.5 Å². The summed E-state index contributed by atoms with van der Waals surface area (Å²) in [6.07, 6.45) is 12.5. The standard InChI is InChI=1S/C28H18N4S2.2C10H8N2.2F6P.Ru/c1-3-15-29-20(6-1)22-8-5-9-23(32-22)26-11-13-28(34-26)27-12-10-25(33-27)19-14-17-31-24(18-19)21-7-2-4-16-30-21;2*1-3-7-11-9(5-1)10-6-2-4-8-12-10;2*1-7(2,3,4,5)6;/h1-18H;2*1-8H;;;/q;;;2*-1;+2. The predicted octanol–water partition coefficient (Wildman–Crippen LogP) is 18.8. The normalized spacial score (nSPS) is 12.7. The molecule has 0 radical (unpaired) electrons. The summed E-state index contributed by atoms with van der Waals surface area (Å²) in [7, 11) is -21.3. The van der Waals surface area contributed by atoms with E-state index in [9.17, 15) is 50.4 Å². The molecule has 0 amide bonds. The zero-order valence-electron chi connectivity index (χ0n) is 36.8. The maximum Gasteiger partial charge on any atom is 2.00 e. The summed E-state index contributed by atoms with van der Waals surface area (Å²) in [6, 6.07) is 53.9. The van der Waals surface area contributed by atoms with Gasteiger partial charge in [0.05, 0.1) is 56.1 Å². The topological polar surface area (TPSA) is 103 Å². The molecule has 10 rings (SSSR count). The number of hydrogen-bond acceptors (Lipinski definition) is 10. The van der Waals surface area contributed by atoms with Crippen molar-refractivity contribution < 1.29 is 69.8 Å². The summed E-state index contributed by atoms with van der Waals surface area (Å²) in [5.74, 6) is 0. The first-order valence-electron chi connectivity index (χ1n) is 20.4. The Morgan fingerprint density at radius 2 is 0.534 bits per heavy atom. The van der Waals surface area contributed by atoms with Gasteiger partial charge in [0.1, 0.15) is 0 Å². The van der Waals surface area contributed by atoms with Crippen LogP contribution in [0.4, 0.5) is 50.4 Å². The van der Waals surface area contributed by atoms with E-state index >= 15 is 0 Å².